The van der Waals surface area contributed by atoms with Crippen molar-refractivity contribution in [1.82, 2.24) is 9.80 Å². The lowest BCUT2D eigenvalue weighted by molar-refractivity contribution is -0.123. The number of nitrogens with zero attached hydrogens (tertiary/aromatic N) is 3. The van der Waals surface area contributed by atoms with Crippen LogP contribution >= 0.6 is 0 Å². The predicted octanol–water partition coefficient (Wildman–Crippen LogP) is 2.94. The van der Waals surface area contributed by atoms with Gasteiger partial charge in [-0.3, -0.25) is 9.59 Å². The lowest BCUT2D eigenvalue weighted by atomic mass is 9.95. The molecular formula is C27H28FN5O6S. The van der Waals surface area contributed by atoms with E-state index < -0.39 is 38.2 Å². The second-order valence-electron chi connectivity index (χ2n) is 10.7. The Kier molecular flexibility index (Phi) is 7.69. The summed E-state index contributed by atoms with van der Waals surface area (Å²) in [6.45, 7) is 5.83. The molecule has 2 aromatic carbocycles. The minimum atomic E-state index is -4.11. The van der Waals surface area contributed by atoms with Crippen LogP contribution in [-0.2, 0) is 26.2 Å². The molecule has 0 aliphatic carbocycles. The molecule has 0 radical (unpaired) electrons. The number of sulfonamides is 1. The normalized spacial score (nSPS) is 16.7. The first-order valence-electron chi connectivity index (χ1n) is 12.3. The molecule has 2 aliphatic rings. The van der Waals surface area contributed by atoms with Crippen LogP contribution in [0.3, 0.4) is 0 Å². The Labute approximate surface area is 231 Å². The summed E-state index contributed by atoms with van der Waals surface area (Å²) in [6.07, 6.45) is 0.976. The van der Waals surface area contributed by atoms with E-state index in [9.17, 15) is 32.5 Å². The van der Waals surface area contributed by atoms with Gasteiger partial charge in [-0.25, -0.2) is 22.7 Å². The van der Waals surface area contributed by atoms with Crippen LogP contribution in [0.25, 0.3) is 0 Å². The van der Waals surface area contributed by atoms with Crippen molar-refractivity contribution in [2.24, 2.45) is 16.5 Å². The van der Waals surface area contributed by atoms with E-state index in [-0.39, 0.29) is 43.6 Å². The van der Waals surface area contributed by atoms with Gasteiger partial charge < -0.3 is 19.9 Å². The minimum absolute atomic E-state index is 0.136. The lowest BCUT2D eigenvalue weighted by Gasteiger charge is -2.21. The third kappa shape index (κ3) is 6.13. The van der Waals surface area contributed by atoms with Crippen LogP contribution in [0.2, 0.25) is 0 Å². The molecule has 1 atom stereocenters. The van der Waals surface area contributed by atoms with Gasteiger partial charge in [-0.05, 0) is 35.9 Å². The van der Waals surface area contributed by atoms with Gasteiger partial charge >= 0.3 is 6.09 Å². The van der Waals surface area contributed by atoms with Gasteiger partial charge in [0.1, 0.15) is 12.4 Å². The zero-order valence-electron chi connectivity index (χ0n) is 22.1. The Morgan fingerprint density at radius 1 is 1.18 bits per heavy atom. The summed E-state index contributed by atoms with van der Waals surface area (Å²) in [7, 11) is -4.11. The van der Waals surface area contributed by atoms with Gasteiger partial charge in [0.25, 0.3) is 5.91 Å². The summed E-state index contributed by atoms with van der Waals surface area (Å²) in [4.78, 5) is 40.5. The molecule has 1 fully saturated rings. The summed E-state index contributed by atoms with van der Waals surface area (Å²) in [5, 5.41) is 17.0. The van der Waals surface area contributed by atoms with Crippen molar-refractivity contribution in [1.29, 1.82) is 5.26 Å². The molecule has 0 aromatic heterocycles. The molecule has 210 valence electrons. The molecule has 3 N–H and O–H groups in total. The smallest absolute Gasteiger partial charge is 0.410 e. The maximum absolute atomic E-state index is 14.5. The van der Waals surface area contributed by atoms with Crippen molar-refractivity contribution in [2.45, 2.75) is 32.3 Å². The van der Waals surface area contributed by atoms with Gasteiger partial charge in [0, 0.05) is 48.4 Å². The zero-order valence-corrected chi connectivity index (χ0v) is 22.9. The third-order valence-corrected chi connectivity index (χ3v) is 7.53. The molecule has 4 rings (SSSR count). The number of halogens is 1. The summed E-state index contributed by atoms with van der Waals surface area (Å²) in [6, 6.07) is 9.58. The van der Waals surface area contributed by atoms with Gasteiger partial charge in [0.2, 0.25) is 15.9 Å². The highest BCUT2D eigenvalue weighted by atomic mass is 32.2. The average molecular weight is 570 g/mol. The molecule has 0 bridgehead atoms. The van der Waals surface area contributed by atoms with Crippen molar-refractivity contribution in [2.75, 3.05) is 25.0 Å². The summed E-state index contributed by atoms with van der Waals surface area (Å²) >= 11 is 0. The maximum atomic E-state index is 14.5. The number of primary sulfonamides is 1. The highest BCUT2D eigenvalue weighted by Gasteiger charge is 2.38. The molecular weight excluding hydrogens is 541 g/mol. The summed E-state index contributed by atoms with van der Waals surface area (Å²) in [5.41, 5.74) is 1.08. The monoisotopic (exact) mass is 569 g/mol. The van der Waals surface area contributed by atoms with Crippen molar-refractivity contribution in [3.8, 4) is 6.07 Å². The number of fused-ring (bicyclic) bond motifs is 1. The number of nitrogens with one attached hydrogen (secondary N) is 1. The largest absolute Gasteiger partial charge is 0.444 e. The Balaban J connectivity index is 1.39. The molecule has 1 saturated heterocycles. The topological polar surface area (TPSA) is 163 Å². The van der Waals surface area contributed by atoms with Crippen LogP contribution in [0.4, 0.5) is 14.9 Å². The lowest BCUT2D eigenvalue weighted by Crippen LogP contribution is -2.33. The second-order valence-corrected chi connectivity index (χ2v) is 12.2. The van der Waals surface area contributed by atoms with E-state index in [1.165, 1.54) is 15.9 Å². The summed E-state index contributed by atoms with van der Waals surface area (Å²) in [5.74, 6) is -2.06. The molecule has 3 amide bonds. The molecule has 40 heavy (non-hydrogen) atoms. The first kappa shape index (κ1) is 28.7. The number of anilines is 1. The van der Waals surface area contributed by atoms with Crippen molar-refractivity contribution in [3.05, 3.63) is 70.7 Å². The van der Waals surface area contributed by atoms with Gasteiger partial charge in [-0.15, -0.1) is 0 Å². The van der Waals surface area contributed by atoms with Crippen LogP contribution in [-0.4, -0.2) is 55.8 Å². The fourth-order valence-corrected chi connectivity index (χ4v) is 4.84. The number of carbonyl (C=O) groups is 3. The van der Waals surface area contributed by atoms with Gasteiger partial charge in [0.05, 0.1) is 22.1 Å². The Hall–Kier alpha value is -4.28. The molecule has 11 nitrogen and oxygen atoms in total. The number of amides is 3. The standard InChI is InChI=1S/C27H28FN5O6S/c1-27(2,3)25(35)31-23-8-16(10-29)4-5-17(23)15-39-26(36)33-13-18-11-32(12-19(18)14-33)24(34)21-7-6-20(9-22(21)28)40(30,37)38/h4-9,11,19H,12-15H2,1-3H3,(H,31,35)(H2,30,37,38)/t19-/m0/s1. The number of benzene rings is 2. The van der Waals surface area contributed by atoms with Gasteiger partial charge in [-0.2, -0.15) is 5.26 Å². The SMILES string of the molecule is CC(C)(C)C(=O)Nc1cc(C#N)ccc1COC(=O)N1CC2=CN(C(=O)c3ccc(S(N)(=O)=O)cc3F)C[C@H]2C1. The molecule has 0 unspecified atom stereocenters. The average Bonchev–Trinajstić information content (AvgIpc) is 3.46. The van der Waals surface area contributed by atoms with E-state index in [1.54, 1.807) is 39.1 Å². The van der Waals surface area contributed by atoms with E-state index in [1.807, 2.05) is 6.07 Å². The fourth-order valence-electron chi connectivity index (χ4n) is 4.32. The number of hydrogen-bond donors (Lipinski definition) is 2. The highest BCUT2D eigenvalue weighted by Crippen LogP contribution is 2.32. The third-order valence-electron chi connectivity index (χ3n) is 6.62. The quantitative estimate of drug-likeness (QED) is 0.559. The van der Waals surface area contributed by atoms with Crippen LogP contribution < -0.4 is 10.5 Å². The Bertz CT molecular complexity index is 1570. The van der Waals surface area contributed by atoms with Crippen molar-refractivity contribution < 1.29 is 31.9 Å². The maximum Gasteiger partial charge on any atom is 0.410 e. The Morgan fingerprint density at radius 3 is 2.50 bits per heavy atom. The van der Waals surface area contributed by atoms with Crippen molar-refractivity contribution >= 4 is 33.6 Å². The number of likely N-dealkylation sites (tertiary alicyclic amines) is 1. The molecule has 0 saturated carbocycles. The first-order valence-corrected chi connectivity index (χ1v) is 13.8. The van der Waals surface area contributed by atoms with Crippen LogP contribution in [0.1, 0.15) is 42.3 Å². The van der Waals surface area contributed by atoms with Crippen LogP contribution in [0, 0.1) is 28.5 Å². The molecule has 2 aliphatic heterocycles. The number of ether oxygens (including phenoxy) is 1. The van der Waals surface area contributed by atoms with Gasteiger partial charge in [-0.1, -0.05) is 26.8 Å². The number of carbonyl (C=O) groups excluding carboxylic acids is 3. The van der Waals surface area contributed by atoms with E-state index in [2.05, 4.69) is 5.32 Å². The number of hydrogen-bond acceptors (Lipinski definition) is 7. The molecule has 13 heteroatoms. The number of rotatable bonds is 5. The van der Waals surface area contributed by atoms with E-state index >= 15 is 0 Å². The molecule has 0 spiro atoms. The number of nitrogens with two attached hydrogens (primary N) is 1. The van der Waals surface area contributed by atoms with Gasteiger partial charge in [0.15, 0.2) is 0 Å². The molecule has 2 aromatic rings. The summed E-state index contributed by atoms with van der Waals surface area (Å²) < 4.78 is 42.8. The highest BCUT2D eigenvalue weighted by molar-refractivity contribution is 7.89. The Morgan fingerprint density at radius 2 is 1.90 bits per heavy atom. The fraction of sp³-hybridized carbons (Fsp3) is 0.333. The van der Waals surface area contributed by atoms with Crippen LogP contribution in [0.5, 0.6) is 0 Å². The van der Waals surface area contributed by atoms with E-state index in [0.717, 1.165) is 17.7 Å². The van der Waals surface area contributed by atoms with Crippen LogP contribution in [0.15, 0.2) is 53.1 Å². The second kappa shape index (κ2) is 10.7. The van der Waals surface area contributed by atoms with Crippen molar-refractivity contribution in [3.63, 3.8) is 0 Å². The minimum Gasteiger partial charge on any atom is -0.444 e. The predicted molar refractivity (Wildman–Crippen MR) is 141 cm³/mol. The zero-order chi connectivity index (χ0) is 29.4. The molecule has 2 heterocycles. The van der Waals surface area contributed by atoms with E-state index in [0.29, 0.717) is 22.9 Å². The first-order chi connectivity index (χ1) is 18.7. The number of nitriles is 1. The van der Waals surface area contributed by atoms with E-state index in [4.69, 9.17) is 9.88 Å².